The molecule has 1 aromatic carbocycles. The Hall–Kier alpha value is -1.69. The third kappa shape index (κ3) is 4.39. The van der Waals surface area contributed by atoms with Crippen LogP contribution in [-0.2, 0) is 15.6 Å². The minimum absolute atomic E-state index is 0.0296. The highest BCUT2D eigenvalue weighted by Gasteiger charge is 2.25. The lowest BCUT2D eigenvalue weighted by Crippen LogP contribution is -2.41. The number of carboxylic acids is 1. The van der Waals surface area contributed by atoms with E-state index in [1.54, 1.807) is 19.1 Å². The summed E-state index contributed by atoms with van der Waals surface area (Å²) >= 11 is 0. The average Bonchev–Trinajstić information content (AvgIpc) is 2.50. The fourth-order valence-corrected chi connectivity index (χ4v) is 3.15. The van der Waals surface area contributed by atoms with Crippen LogP contribution in [0.4, 0.5) is 0 Å². The molecule has 1 rings (SSSR count). The summed E-state index contributed by atoms with van der Waals surface area (Å²) in [5, 5.41) is 11.2. The summed E-state index contributed by atoms with van der Waals surface area (Å²) in [6.45, 7) is 5.48. The van der Waals surface area contributed by atoms with E-state index in [1.165, 1.54) is 12.1 Å². The second-order valence-electron chi connectivity index (χ2n) is 4.76. The summed E-state index contributed by atoms with van der Waals surface area (Å²) in [5.41, 5.74) is -0.0296. The fourth-order valence-electron chi connectivity index (χ4n) is 1.92. The summed E-state index contributed by atoms with van der Waals surface area (Å²) < 4.78 is 12.5. The number of hydrogen-bond acceptors (Lipinski definition) is 3. The minimum atomic E-state index is -1.70. The summed E-state index contributed by atoms with van der Waals surface area (Å²) in [6, 6.07) is 6.11. The van der Waals surface area contributed by atoms with Crippen molar-refractivity contribution in [3.05, 3.63) is 29.8 Å². The van der Waals surface area contributed by atoms with E-state index in [2.05, 4.69) is 5.32 Å². The molecule has 21 heavy (non-hydrogen) atoms. The Morgan fingerprint density at radius 2 is 1.81 bits per heavy atom. The number of carboxylic acid groups (broad SMARTS) is 1. The Bertz CT molecular complexity index is 540. The van der Waals surface area contributed by atoms with Gasteiger partial charge in [0.05, 0.1) is 21.3 Å². The molecule has 6 heteroatoms. The summed E-state index contributed by atoms with van der Waals surface area (Å²) in [7, 11) is -1.70. The first-order valence-electron chi connectivity index (χ1n) is 6.95. The van der Waals surface area contributed by atoms with Crippen LogP contribution in [0.5, 0.6) is 0 Å². The van der Waals surface area contributed by atoms with Crippen LogP contribution < -0.4 is 5.32 Å². The zero-order valence-corrected chi connectivity index (χ0v) is 13.3. The van der Waals surface area contributed by atoms with Crippen LogP contribution in [0.1, 0.15) is 44.0 Å². The van der Waals surface area contributed by atoms with E-state index in [9.17, 15) is 13.8 Å². The number of amides is 1. The van der Waals surface area contributed by atoms with Crippen molar-refractivity contribution in [2.75, 3.05) is 0 Å². The van der Waals surface area contributed by atoms with Crippen molar-refractivity contribution in [3.63, 3.8) is 0 Å². The van der Waals surface area contributed by atoms with Crippen LogP contribution in [0.25, 0.3) is 0 Å². The maximum absolute atomic E-state index is 12.5. The molecule has 0 saturated carbocycles. The van der Waals surface area contributed by atoms with E-state index in [1.807, 2.05) is 13.8 Å². The molecule has 0 aliphatic carbocycles. The number of carbonyl (C=O) groups is 2. The molecule has 0 aromatic heterocycles. The zero-order valence-electron chi connectivity index (χ0n) is 12.5. The number of nitrogens with one attached hydrogen (secondary N) is 1. The van der Waals surface area contributed by atoms with Crippen molar-refractivity contribution in [1.29, 1.82) is 0 Å². The van der Waals surface area contributed by atoms with Crippen LogP contribution >= 0.6 is 0 Å². The monoisotopic (exact) mass is 311 g/mol. The van der Waals surface area contributed by atoms with Gasteiger partial charge in [0.2, 0.25) is 5.91 Å². The first-order chi connectivity index (χ1) is 9.92. The number of hydrogen-bond donors (Lipinski definition) is 2. The molecule has 0 radical (unpaired) electrons. The molecule has 116 valence electrons. The number of benzene rings is 1. The molecule has 0 saturated heterocycles. The van der Waals surface area contributed by atoms with Crippen molar-refractivity contribution in [3.8, 4) is 0 Å². The smallest absolute Gasteiger partial charge is 0.336 e. The molecule has 0 bridgehead atoms. The van der Waals surface area contributed by atoms with Gasteiger partial charge >= 0.3 is 5.97 Å². The van der Waals surface area contributed by atoms with Gasteiger partial charge in [-0.2, -0.15) is 0 Å². The minimum Gasteiger partial charge on any atom is -0.478 e. The molecule has 0 spiro atoms. The molecule has 1 amide bonds. The predicted octanol–water partition coefficient (Wildman–Crippen LogP) is 2.19. The SMILES string of the molecule is CCC(CC)NC(=O)C(C)S(=O)c1ccccc1C(=O)O. The van der Waals surface area contributed by atoms with Gasteiger partial charge in [0.1, 0.15) is 5.25 Å². The Balaban J connectivity index is 2.93. The molecule has 2 atom stereocenters. The molecule has 5 nitrogen and oxygen atoms in total. The van der Waals surface area contributed by atoms with Crippen molar-refractivity contribution in [1.82, 2.24) is 5.32 Å². The Labute approximate surface area is 127 Å². The third-order valence-corrected chi connectivity index (χ3v) is 5.00. The van der Waals surface area contributed by atoms with Crippen molar-refractivity contribution in [2.45, 2.75) is 49.8 Å². The lowest BCUT2D eigenvalue weighted by atomic mass is 10.2. The average molecular weight is 311 g/mol. The van der Waals surface area contributed by atoms with Gasteiger partial charge in [0, 0.05) is 6.04 Å². The molecule has 0 aliphatic heterocycles. The van der Waals surface area contributed by atoms with Gasteiger partial charge in [-0.25, -0.2) is 4.79 Å². The molecular weight excluding hydrogens is 290 g/mol. The number of aromatic carboxylic acids is 1. The largest absolute Gasteiger partial charge is 0.478 e. The van der Waals surface area contributed by atoms with Crippen LogP contribution in [0.3, 0.4) is 0 Å². The van der Waals surface area contributed by atoms with E-state index in [4.69, 9.17) is 5.11 Å². The molecule has 2 unspecified atom stereocenters. The highest BCUT2D eigenvalue weighted by atomic mass is 32.2. The van der Waals surface area contributed by atoms with Crippen LogP contribution in [0.15, 0.2) is 29.2 Å². The van der Waals surface area contributed by atoms with Gasteiger partial charge in [0.15, 0.2) is 0 Å². The van der Waals surface area contributed by atoms with Gasteiger partial charge in [-0.05, 0) is 31.9 Å². The first kappa shape index (κ1) is 17.4. The normalized spacial score (nSPS) is 13.7. The maximum atomic E-state index is 12.5. The molecule has 0 aliphatic rings. The molecule has 0 fully saturated rings. The van der Waals surface area contributed by atoms with E-state index >= 15 is 0 Å². The van der Waals surface area contributed by atoms with Crippen molar-refractivity contribution < 1.29 is 18.9 Å². The Morgan fingerprint density at radius 1 is 1.24 bits per heavy atom. The number of rotatable bonds is 7. The van der Waals surface area contributed by atoms with Crippen LogP contribution in [0.2, 0.25) is 0 Å². The molecule has 0 heterocycles. The summed E-state index contributed by atoms with van der Waals surface area (Å²) in [5.74, 6) is -1.46. The van der Waals surface area contributed by atoms with E-state index in [0.717, 1.165) is 12.8 Å². The molecule has 2 N–H and O–H groups in total. The highest BCUT2D eigenvalue weighted by molar-refractivity contribution is 7.86. The van der Waals surface area contributed by atoms with Crippen LogP contribution in [0, 0.1) is 0 Å². The van der Waals surface area contributed by atoms with E-state index in [-0.39, 0.29) is 22.4 Å². The quantitative estimate of drug-likeness (QED) is 0.808. The van der Waals surface area contributed by atoms with Crippen LogP contribution in [-0.4, -0.2) is 32.5 Å². The van der Waals surface area contributed by atoms with E-state index < -0.39 is 22.0 Å². The Kier molecular flexibility index (Phi) is 6.55. The topological polar surface area (TPSA) is 83.5 Å². The van der Waals surface area contributed by atoms with E-state index in [0.29, 0.717) is 0 Å². The van der Waals surface area contributed by atoms with Gasteiger partial charge in [0.25, 0.3) is 0 Å². The number of carbonyl (C=O) groups excluding carboxylic acids is 1. The first-order valence-corrected chi connectivity index (χ1v) is 8.16. The van der Waals surface area contributed by atoms with Gasteiger partial charge < -0.3 is 10.4 Å². The second kappa shape index (κ2) is 7.93. The molecular formula is C15H21NO4S. The predicted molar refractivity (Wildman–Crippen MR) is 81.8 cm³/mol. The lowest BCUT2D eigenvalue weighted by Gasteiger charge is -2.18. The zero-order chi connectivity index (χ0) is 16.0. The highest BCUT2D eigenvalue weighted by Crippen LogP contribution is 2.17. The van der Waals surface area contributed by atoms with Gasteiger partial charge in [-0.3, -0.25) is 9.00 Å². The molecule has 1 aromatic rings. The summed E-state index contributed by atoms with van der Waals surface area (Å²) in [4.78, 5) is 23.4. The Morgan fingerprint density at radius 3 is 2.33 bits per heavy atom. The summed E-state index contributed by atoms with van der Waals surface area (Å²) in [6.07, 6.45) is 1.60. The van der Waals surface area contributed by atoms with Gasteiger partial charge in [-0.1, -0.05) is 26.0 Å². The van der Waals surface area contributed by atoms with Crippen molar-refractivity contribution >= 4 is 22.7 Å². The fraction of sp³-hybridized carbons (Fsp3) is 0.467. The third-order valence-electron chi connectivity index (χ3n) is 3.36. The standard InChI is InChI=1S/C15H21NO4S/c1-4-11(5-2)16-14(17)10(3)21(20)13-9-7-6-8-12(13)15(18)19/h6-11H,4-5H2,1-3H3,(H,16,17)(H,18,19). The van der Waals surface area contributed by atoms with Gasteiger partial charge in [-0.15, -0.1) is 0 Å². The maximum Gasteiger partial charge on any atom is 0.336 e. The van der Waals surface area contributed by atoms with Crippen molar-refractivity contribution in [2.24, 2.45) is 0 Å². The second-order valence-corrected chi connectivity index (χ2v) is 6.50. The lowest BCUT2D eigenvalue weighted by molar-refractivity contribution is -0.121.